The molecule has 1 aliphatic rings. The van der Waals surface area contributed by atoms with Gasteiger partial charge in [-0.05, 0) is 33.6 Å². The third kappa shape index (κ3) is 3.86. The van der Waals surface area contributed by atoms with Gasteiger partial charge in [-0.1, -0.05) is 0 Å². The normalized spacial score (nSPS) is 18.0. The van der Waals surface area contributed by atoms with Crippen LogP contribution in [0.15, 0.2) is 18.7 Å². The van der Waals surface area contributed by atoms with E-state index in [1.165, 1.54) is 10.6 Å². The molecule has 0 spiro atoms. The summed E-state index contributed by atoms with van der Waals surface area (Å²) in [6.45, 7) is 6.99. The first-order chi connectivity index (χ1) is 14.4. The number of piperidine rings is 1. The Morgan fingerprint density at radius 2 is 1.93 bits per heavy atom. The SMILES string of the molecule is CCn1c(-c2cnc(C)nc2)nc2c(O[C@H]3CCCN(S(=O)(=O)CC)C3)ncnc21. The molecular weight excluding hydrogens is 406 g/mol. The zero-order valence-electron chi connectivity index (χ0n) is 17.3. The molecule has 10 nitrogen and oxygen atoms in total. The number of nitrogens with zero attached hydrogens (tertiary/aromatic N) is 7. The summed E-state index contributed by atoms with van der Waals surface area (Å²) in [5.41, 5.74) is 1.99. The highest BCUT2D eigenvalue weighted by Gasteiger charge is 2.30. The van der Waals surface area contributed by atoms with Crippen LogP contribution in [-0.4, -0.2) is 67.2 Å². The van der Waals surface area contributed by atoms with Crippen LogP contribution in [0, 0.1) is 6.92 Å². The van der Waals surface area contributed by atoms with Gasteiger partial charge in [0, 0.05) is 25.5 Å². The molecule has 0 aliphatic carbocycles. The molecule has 0 radical (unpaired) electrons. The minimum Gasteiger partial charge on any atom is -0.471 e. The molecule has 4 heterocycles. The van der Waals surface area contributed by atoms with Crippen LogP contribution in [0.4, 0.5) is 0 Å². The van der Waals surface area contributed by atoms with Gasteiger partial charge in [0.2, 0.25) is 15.9 Å². The van der Waals surface area contributed by atoms with Crippen LogP contribution >= 0.6 is 0 Å². The molecule has 3 aromatic heterocycles. The van der Waals surface area contributed by atoms with Crippen LogP contribution in [0.3, 0.4) is 0 Å². The molecule has 0 N–H and O–H groups in total. The van der Waals surface area contributed by atoms with E-state index in [-0.39, 0.29) is 11.9 Å². The number of rotatable bonds is 6. The van der Waals surface area contributed by atoms with Gasteiger partial charge in [-0.3, -0.25) is 0 Å². The van der Waals surface area contributed by atoms with Crippen molar-refractivity contribution in [1.82, 2.24) is 33.8 Å². The molecule has 1 aliphatic heterocycles. The van der Waals surface area contributed by atoms with Gasteiger partial charge in [0.1, 0.15) is 24.1 Å². The molecule has 160 valence electrons. The molecule has 0 aromatic carbocycles. The van der Waals surface area contributed by atoms with E-state index in [0.29, 0.717) is 48.3 Å². The molecule has 1 atom stereocenters. The van der Waals surface area contributed by atoms with Crippen LogP contribution in [0.1, 0.15) is 32.5 Å². The summed E-state index contributed by atoms with van der Waals surface area (Å²) in [4.78, 5) is 22.0. The number of ether oxygens (including phenoxy) is 1. The Balaban J connectivity index is 1.68. The van der Waals surface area contributed by atoms with E-state index in [2.05, 4.69) is 19.9 Å². The molecule has 0 unspecified atom stereocenters. The summed E-state index contributed by atoms with van der Waals surface area (Å²) in [6.07, 6.45) is 6.14. The number of hydrogen-bond donors (Lipinski definition) is 0. The summed E-state index contributed by atoms with van der Waals surface area (Å²) in [7, 11) is -3.25. The Kier molecular flexibility index (Phi) is 5.65. The van der Waals surface area contributed by atoms with Gasteiger partial charge in [0.05, 0.1) is 17.9 Å². The van der Waals surface area contributed by atoms with Gasteiger partial charge in [0.15, 0.2) is 11.2 Å². The monoisotopic (exact) mass is 431 g/mol. The summed E-state index contributed by atoms with van der Waals surface area (Å²) in [5.74, 6) is 1.82. The lowest BCUT2D eigenvalue weighted by molar-refractivity contribution is 0.126. The fourth-order valence-corrected chi connectivity index (χ4v) is 4.79. The third-order valence-electron chi connectivity index (χ3n) is 5.23. The summed E-state index contributed by atoms with van der Waals surface area (Å²) < 4.78 is 34.1. The summed E-state index contributed by atoms with van der Waals surface area (Å²) in [6, 6.07) is 0. The second-order valence-electron chi connectivity index (χ2n) is 7.19. The molecule has 0 bridgehead atoms. The quantitative estimate of drug-likeness (QED) is 0.580. The van der Waals surface area contributed by atoms with Crippen LogP contribution in [0.25, 0.3) is 22.6 Å². The standard InChI is InChI=1S/C19H25N7O3S/c1-4-26-17(14-9-20-13(3)21-10-14)24-16-18(26)22-12-23-19(16)29-15-7-6-8-25(11-15)30(27,28)5-2/h9-10,12,15H,4-8,11H2,1-3H3/t15-/m0/s1. The smallest absolute Gasteiger partial charge is 0.245 e. The highest BCUT2D eigenvalue weighted by atomic mass is 32.2. The minimum absolute atomic E-state index is 0.0837. The number of imidazole rings is 1. The number of hydrogen-bond acceptors (Lipinski definition) is 8. The zero-order chi connectivity index (χ0) is 21.3. The molecule has 0 saturated carbocycles. The Labute approximate surface area is 175 Å². The fourth-order valence-electron chi connectivity index (χ4n) is 3.62. The Morgan fingerprint density at radius 3 is 2.63 bits per heavy atom. The number of aromatic nitrogens is 6. The molecule has 11 heteroatoms. The molecule has 30 heavy (non-hydrogen) atoms. The predicted octanol–water partition coefficient (Wildman–Crippen LogP) is 1.80. The second kappa shape index (κ2) is 8.23. The highest BCUT2D eigenvalue weighted by molar-refractivity contribution is 7.89. The number of sulfonamides is 1. The van der Waals surface area contributed by atoms with Crippen molar-refractivity contribution in [3.63, 3.8) is 0 Å². The van der Waals surface area contributed by atoms with Crippen molar-refractivity contribution in [2.75, 3.05) is 18.8 Å². The van der Waals surface area contributed by atoms with Gasteiger partial charge >= 0.3 is 0 Å². The largest absolute Gasteiger partial charge is 0.471 e. The van der Waals surface area contributed by atoms with Crippen LogP contribution in [0.5, 0.6) is 5.88 Å². The van der Waals surface area contributed by atoms with Crippen LogP contribution in [-0.2, 0) is 16.6 Å². The zero-order valence-corrected chi connectivity index (χ0v) is 18.1. The van der Waals surface area contributed by atoms with E-state index < -0.39 is 10.0 Å². The Bertz CT molecular complexity index is 1140. The molecular formula is C19H25N7O3S. The van der Waals surface area contributed by atoms with E-state index in [0.717, 1.165) is 18.4 Å². The lowest BCUT2D eigenvalue weighted by atomic mass is 10.1. The van der Waals surface area contributed by atoms with Crippen molar-refractivity contribution in [2.45, 2.75) is 46.3 Å². The molecule has 0 amide bonds. The van der Waals surface area contributed by atoms with E-state index >= 15 is 0 Å². The molecule has 3 aromatic rings. The average Bonchev–Trinajstić information content (AvgIpc) is 3.14. The van der Waals surface area contributed by atoms with Crippen molar-refractivity contribution in [3.8, 4) is 17.3 Å². The van der Waals surface area contributed by atoms with Gasteiger partial charge in [-0.2, -0.15) is 9.29 Å². The molecule has 1 fully saturated rings. The average molecular weight is 432 g/mol. The molecule has 1 saturated heterocycles. The first-order valence-corrected chi connectivity index (χ1v) is 11.7. The van der Waals surface area contributed by atoms with Gasteiger partial charge < -0.3 is 9.30 Å². The van der Waals surface area contributed by atoms with E-state index in [9.17, 15) is 8.42 Å². The highest BCUT2D eigenvalue weighted by Crippen LogP contribution is 2.29. The predicted molar refractivity (Wildman–Crippen MR) is 111 cm³/mol. The Morgan fingerprint density at radius 1 is 1.17 bits per heavy atom. The number of aryl methyl sites for hydroxylation is 2. The minimum atomic E-state index is -3.25. The maximum Gasteiger partial charge on any atom is 0.245 e. The van der Waals surface area contributed by atoms with E-state index in [4.69, 9.17) is 9.72 Å². The van der Waals surface area contributed by atoms with Gasteiger partial charge in [-0.25, -0.2) is 28.4 Å². The van der Waals surface area contributed by atoms with Crippen LogP contribution < -0.4 is 4.74 Å². The van der Waals surface area contributed by atoms with E-state index in [1.54, 1.807) is 19.3 Å². The van der Waals surface area contributed by atoms with E-state index in [1.807, 2.05) is 18.4 Å². The van der Waals surface area contributed by atoms with Gasteiger partial charge in [0.25, 0.3) is 0 Å². The fraction of sp³-hybridized carbons (Fsp3) is 0.526. The lowest BCUT2D eigenvalue weighted by Gasteiger charge is -2.31. The Hall–Kier alpha value is -2.66. The third-order valence-corrected chi connectivity index (χ3v) is 7.08. The van der Waals surface area contributed by atoms with Crippen molar-refractivity contribution >= 4 is 21.2 Å². The van der Waals surface area contributed by atoms with Crippen molar-refractivity contribution in [2.24, 2.45) is 0 Å². The summed E-state index contributed by atoms with van der Waals surface area (Å²) >= 11 is 0. The first kappa shape index (κ1) is 20.6. The van der Waals surface area contributed by atoms with Crippen molar-refractivity contribution in [3.05, 3.63) is 24.5 Å². The number of fused-ring (bicyclic) bond motifs is 1. The maximum absolute atomic E-state index is 12.2. The molecule has 4 rings (SSSR count). The first-order valence-electron chi connectivity index (χ1n) is 10.1. The van der Waals surface area contributed by atoms with Crippen LogP contribution in [0.2, 0.25) is 0 Å². The topological polar surface area (TPSA) is 116 Å². The maximum atomic E-state index is 12.2. The van der Waals surface area contributed by atoms with Crippen molar-refractivity contribution in [1.29, 1.82) is 0 Å². The van der Waals surface area contributed by atoms with Crippen molar-refractivity contribution < 1.29 is 13.2 Å². The van der Waals surface area contributed by atoms with Gasteiger partial charge in [-0.15, -0.1) is 0 Å². The second-order valence-corrected chi connectivity index (χ2v) is 9.45. The lowest BCUT2D eigenvalue weighted by Crippen LogP contribution is -2.45. The summed E-state index contributed by atoms with van der Waals surface area (Å²) in [5, 5.41) is 0.